The van der Waals surface area contributed by atoms with Gasteiger partial charge in [-0.1, -0.05) is 13.0 Å². The van der Waals surface area contributed by atoms with E-state index in [4.69, 9.17) is 5.10 Å². The maximum atomic E-state index is 13.2. The lowest BCUT2D eigenvalue weighted by Crippen LogP contribution is -2.44. The molecule has 27 heavy (non-hydrogen) atoms. The number of carbonyl (C=O) groups is 1. The third kappa shape index (κ3) is 3.97. The highest BCUT2D eigenvalue weighted by atomic mass is 32.2. The van der Waals surface area contributed by atoms with Gasteiger partial charge in [0.1, 0.15) is 0 Å². The zero-order chi connectivity index (χ0) is 18.8. The summed E-state index contributed by atoms with van der Waals surface area (Å²) in [5.74, 6) is 3.07. The van der Waals surface area contributed by atoms with Gasteiger partial charge in [-0.3, -0.25) is 9.48 Å². The molecule has 1 aromatic heterocycles. The van der Waals surface area contributed by atoms with E-state index in [1.807, 2.05) is 27.4 Å². The summed E-state index contributed by atoms with van der Waals surface area (Å²) in [6.07, 6.45) is 7.67. The van der Waals surface area contributed by atoms with Gasteiger partial charge in [-0.15, -0.1) is 6.58 Å². The van der Waals surface area contributed by atoms with E-state index in [9.17, 15) is 4.79 Å². The summed E-state index contributed by atoms with van der Waals surface area (Å²) >= 11 is 1.93. The Bertz CT molecular complexity index is 687. The number of likely N-dealkylation sites (tertiary alicyclic amines) is 1. The van der Waals surface area contributed by atoms with E-state index in [-0.39, 0.29) is 5.91 Å². The fourth-order valence-corrected chi connectivity index (χ4v) is 5.64. The van der Waals surface area contributed by atoms with Crippen molar-refractivity contribution in [2.45, 2.75) is 51.6 Å². The Morgan fingerprint density at radius 3 is 2.67 bits per heavy atom. The molecular formula is C21H32N4OS. The van der Waals surface area contributed by atoms with Crippen LogP contribution in [-0.2, 0) is 19.4 Å². The van der Waals surface area contributed by atoms with Crippen LogP contribution >= 0.6 is 11.8 Å². The van der Waals surface area contributed by atoms with Gasteiger partial charge >= 0.3 is 0 Å². The van der Waals surface area contributed by atoms with Crippen molar-refractivity contribution in [3.05, 3.63) is 29.6 Å². The van der Waals surface area contributed by atoms with Gasteiger partial charge in [-0.05, 0) is 51.1 Å². The highest BCUT2D eigenvalue weighted by molar-refractivity contribution is 7.99. The molecule has 1 atom stereocenters. The molecule has 1 aliphatic carbocycles. The van der Waals surface area contributed by atoms with E-state index in [0.717, 1.165) is 43.4 Å². The average molecular weight is 389 g/mol. The van der Waals surface area contributed by atoms with Crippen LogP contribution in [0.5, 0.6) is 0 Å². The molecule has 0 radical (unpaired) electrons. The zero-order valence-corrected chi connectivity index (χ0v) is 17.3. The van der Waals surface area contributed by atoms with Crippen LogP contribution < -0.4 is 0 Å². The van der Waals surface area contributed by atoms with E-state index in [0.29, 0.717) is 18.3 Å². The summed E-state index contributed by atoms with van der Waals surface area (Å²) in [7, 11) is 0. The van der Waals surface area contributed by atoms with Crippen LogP contribution in [0.25, 0.3) is 0 Å². The van der Waals surface area contributed by atoms with Gasteiger partial charge in [0.25, 0.3) is 5.91 Å². The Kier molecular flexibility index (Phi) is 5.93. The van der Waals surface area contributed by atoms with E-state index in [2.05, 4.69) is 18.4 Å². The molecule has 2 saturated heterocycles. The molecule has 2 aliphatic heterocycles. The van der Waals surface area contributed by atoms with Gasteiger partial charge in [-0.2, -0.15) is 16.9 Å². The number of hydrogen-bond donors (Lipinski definition) is 0. The summed E-state index contributed by atoms with van der Waals surface area (Å²) in [6.45, 7) is 11.0. The van der Waals surface area contributed by atoms with Crippen molar-refractivity contribution in [1.29, 1.82) is 0 Å². The minimum atomic E-state index is 0.141. The second kappa shape index (κ2) is 8.39. The number of fused-ring (bicyclic) bond motifs is 1. The van der Waals surface area contributed by atoms with Crippen molar-refractivity contribution in [3.8, 4) is 0 Å². The number of aromatic nitrogens is 2. The van der Waals surface area contributed by atoms with Crippen LogP contribution in [0.15, 0.2) is 12.7 Å². The van der Waals surface area contributed by atoms with Crippen molar-refractivity contribution >= 4 is 17.7 Å². The van der Waals surface area contributed by atoms with E-state index < -0.39 is 0 Å². The Morgan fingerprint density at radius 1 is 1.22 bits per heavy atom. The normalized spacial score (nSPS) is 24.6. The molecule has 0 spiro atoms. The van der Waals surface area contributed by atoms with E-state index >= 15 is 0 Å². The SMILES string of the molecule is C=CCn1nc(C(=O)N2CCSCC2)c2c1CCC(N1CCC(C)CC1)C2. The molecule has 148 valence electrons. The molecule has 5 nitrogen and oxygen atoms in total. The maximum absolute atomic E-state index is 13.2. The van der Waals surface area contributed by atoms with Crippen molar-refractivity contribution in [2.24, 2.45) is 5.92 Å². The third-order valence-electron chi connectivity index (χ3n) is 6.46. The number of nitrogens with zero attached hydrogens (tertiary/aromatic N) is 4. The molecule has 0 N–H and O–H groups in total. The number of piperidine rings is 1. The summed E-state index contributed by atoms with van der Waals surface area (Å²) in [5.41, 5.74) is 3.20. The number of hydrogen-bond acceptors (Lipinski definition) is 4. The van der Waals surface area contributed by atoms with Crippen molar-refractivity contribution in [2.75, 3.05) is 37.7 Å². The molecule has 0 aromatic carbocycles. The molecular weight excluding hydrogens is 356 g/mol. The van der Waals surface area contributed by atoms with E-state index in [1.54, 1.807) is 0 Å². The quantitative estimate of drug-likeness (QED) is 0.744. The summed E-state index contributed by atoms with van der Waals surface area (Å²) in [4.78, 5) is 17.9. The van der Waals surface area contributed by atoms with Crippen molar-refractivity contribution in [1.82, 2.24) is 19.6 Å². The average Bonchev–Trinajstić information content (AvgIpc) is 3.07. The molecule has 3 aliphatic rings. The number of thioether (sulfide) groups is 1. The molecule has 0 bridgehead atoms. The number of carbonyl (C=O) groups excluding carboxylic acids is 1. The minimum absolute atomic E-state index is 0.141. The van der Waals surface area contributed by atoms with Gasteiger partial charge in [-0.25, -0.2) is 0 Å². The van der Waals surface area contributed by atoms with Crippen LogP contribution in [0.4, 0.5) is 0 Å². The zero-order valence-electron chi connectivity index (χ0n) is 16.5. The highest BCUT2D eigenvalue weighted by Gasteiger charge is 2.34. The highest BCUT2D eigenvalue weighted by Crippen LogP contribution is 2.31. The largest absolute Gasteiger partial charge is 0.336 e. The fraction of sp³-hybridized carbons (Fsp3) is 0.714. The second-order valence-corrected chi connectivity index (χ2v) is 9.49. The predicted molar refractivity (Wildman–Crippen MR) is 111 cm³/mol. The summed E-state index contributed by atoms with van der Waals surface area (Å²) in [6, 6.07) is 0.565. The lowest BCUT2D eigenvalue weighted by atomic mass is 9.88. The van der Waals surface area contributed by atoms with E-state index in [1.165, 1.54) is 43.6 Å². The van der Waals surface area contributed by atoms with Gasteiger partial charge in [0, 0.05) is 41.9 Å². The molecule has 1 unspecified atom stereocenters. The first-order chi connectivity index (χ1) is 13.2. The Hall–Kier alpha value is -1.27. The van der Waals surface area contributed by atoms with Crippen LogP contribution in [0.1, 0.15) is 47.9 Å². The Balaban J connectivity index is 1.57. The Labute approximate surface area is 167 Å². The molecule has 6 heteroatoms. The first kappa shape index (κ1) is 19.1. The molecule has 2 fully saturated rings. The summed E-state index contributed by atoms with van der Waals surface area (Å²) in [5, 5.41) is 4.78. The van der Waals surface area contributed by atoms with Gasteiger partial charge in [0.05, 0.1) is 6.54 Å². The maximum Gasteiger partial charge on any atom is 0.274 e. The lowest BCUT2D eigenvalue weighted by Gasteiger charge is -2.38. The number of allylic oxidation sites excluding steroid dienone is 1. The minimum Gasteiger partial charge on any atom is -0.336 e. The topological polar surface area (TPSA) is 41.4 Å². The van der Waals surface area contributed by atoms with Gasteiger partial charge in [0.2, 0.25) is 0 Å². The van der Waals surface area contributed by atoms with Gasteiger partial charge < -0.3 is 9.80 Å². The lowest BCUT2D eigenvalue weighted by molar-refractivity contribution is 0.0763. The number of rotatable bonds is 4. The van der Waals surface area contributed by atoms with Crippen LogP contribution in [-0.4, -0.2) is 69.2 Å². The van der Waals surface area contributed by atoms with Crippen molar-refractivity contribution in [3.63, 3.8) is 0 Å². The smallest absolute Gasteiger partial charge is 0.274 e. The monoisotopic (exact) mass is 388 g/mol. The Morgan fingerprint density at radius 2 is 1.96 bits per heavy atom. The van der Waals surface area contributed by atoms with Gasteiger partial charge in [0.15, 0.2) is 5.69 Å². The third-order valence-corrected chi connectivity index (χ3v) is 7.40. The summed E-state index contributed by atoms with van der Waals surface area (Å²) < 4.78 is 2.03. The fourth-order valence-electron chi connectivity index (χ4n) is 4.74. The molecule has 1 aromatic rings. The van der Waals surface area contributed by atoms with Crippen molar-refractivity contribution < 1.29 is 4.79 Å². The van der Waals surface area contributed by atoms with Crippen LogP contribution in [0.3, 0.4) is 0 Å². The second-order valence-electron chi connectivity index (χ2n) is 8.26. The molecule has 3 heterocycles. The predicted octanol–water partition coefficient (Wildman–Crippen LogP) is 2.85. The molecule has 4 rings (SSSR count). The first-order valence-corrected chi connectivity index (χ1v) is 11.6. The number of amides is 1. The molecule has 1 amide bonds. The standard InChI is InChI=1S/C21H32N4OS/c1-3-8-25-19-5-4-17(23-9-6-16(2)7-10-23)15-18(19)20(22-25)21(26)24-11-13-27-14-12-24/h3,16-17H,1,4-15H2,2H3. The first-order valence-electron chi connectivity index (χ1n) is 10.5. The molecule has 0 saturated carbocycles. The van der Waals surface area contributed by atoms with Crippen LogP contribution in [0.2, 0.25) is 0 Å². The van der Waals surface area contributed by atoms with Crippen LogP contribution in [0, 0.1) is 5.92 Å².